The third kappa shape index (κ3) is 4.91. The number of carboxylic acid groups (broad SMARTS) is 1. The molecule has 5 nitrogen and oxygen atoms in total. The first-order chi connectivity index (χ1) is 9.43. The van der Waals surface area contributed by atoms with E-state index in [9.17, 15) is 9.59 Å². The van der Waals surface area contributed by atoms with E-state index in [4.69, 9.17) is 5.11 Å². The lowest BCUT2D eigenvalue weighted by molar-refractivity contribution is -0.140. The average molecular weight is 278 g/mol. The van der Waals surface area contributed by atoms with Crippen molar-refractivity contribution in [1.82, 2.24) is 10.6 Å². The van der Waals surface area contributed by atoms with Crippen LogP contribution in [0.25, 0.3) is 0 Å². The molecule has 20 heavy (non-hydrogen) atoms. The third-order valence-corrected chi connectivity index (χ3v) is 3.34. The number of benzene rings is 1. The first-order valence-electron chi connectivity index (χ1n) is 6.76. The summed E-state index contributed by atoms with van der Waals surface area (Å²) in [4.78, 5) is 22.8. The van der Waals surface area contributed by atoms with Gasteiger partial charge in [-0.1, -0.05) is 50.1 Å². The Kier molecular flexibility index (Phi) is 6.03. The van der Waals surface area contributed by atoms with Gasteiger partial charge in [0.05, 0.1) is 0 Å². The lowest BCUT2D eigenvalue weighted by atomic mass is 9.99. The molecular weight excluding hydrogens is 256 g/mol. The van der Waals surface area contributed by atoms with Crippen LogP contribution in [0.15, 0.2) is 24.3 Å². The number of carbonyl (C=O) groups excluding carboxylic acids is 1. The second-order valence-corrected chi connectivity index (χ2v) is 5.01. The van der Waals surface area contributed by atoms with Crippen LogP contribution in [-0.4, -0.2) is 23.1 Å². The fraction of sp³-hybridized carbons (Fsp3) is 0.467. The molecule has 0 fully saturated rings. The Labute approximate surface area is 119 Å². The van der Waals surface area contributed by atoms with Crippen molar-refractivity contribution in [3.63, 3.8) is 0 Å². The molecule has 0 heterocycles. The summed E-state index contributed by atoms with van der Waals surface area (Å²) in [5, 5.41) is 14.3. The van der Waals surface area contributed by atoms with Gasteiger partial charge in [0.25, 0.3) is 0 Å². The summed E-state index contributed by atoms with van der Waals surface area (Å²) in [5.74, 6) is -1.12. The lowest BCUT2D eigenvalue weighted by Gasteiger charge is -2.20. The van der Waals surface area contributed by atoms with Crippen LogP contribution in [0.5, 0.6) is 0 Å². The average Bonchev–Trinajstić information content (AvgIpc) is 2.43. The number of rotatable bonds is 6. The van der Waals surface area contributed by atoms with Gasteiger partial charge >= 0.3 is 12.0 Å². The number of hydrogen-bond donors (Lipinski definition) is 3. The van der Waals surface area contributed by atoms with Crippen LogP contribution in [0.4, 0.5) is 4.79 Å². The molecule has 2 unspecified atom stereocenters. The Morgan fingerprint density at radius 1 is 1.25 bits per heavy atom. The van der Waals surface area contributed by atoms with Crippen LogP contribution in [0, 0.1) is 12.8 Å². The predicted molar refractivity (Wildman–Crippen MR) is 77.4 cm³/mol. The molecule has 3 N–H and O–H groups in total. The first kappa shape index (κ1) is 16.0. The molecule has 0 aliphatic rings. The van der Waals surface area contributed by atoms with E-state index in [1.54, 1.807) is 6.92 Å². The summed E-state index contributed by atoms with van der Waals surface area (Å²) in [6.07, 6.45) is 0.690. The van der Waals surface area contributed by atoms with E-state index in [0.717, 1.165) is 11.1 Å². The van der Waals surface area contributed by atoms with Gasteiger partial charge in [-0.3, -0.25) is 0 Å². The first-order valence-corrected chi connectivity index (χ1v) is 6.76. The van der Waals surface area contributed by atoms with Crippen LogP contribution in [0.2, 0.25) is 0 Å². The zero-order valence-corrected chi connectivity index (χ0v) is 12.1. The largest absolute Gasteiger partial charge is 0.480 e. The van der Waals surface area contributed by atoms with Gasteiger partial charge in [-0.15, -0.1) is 0 Å². The molecule has 0 radical (unpaired) electrons. The summed E-state index contributed by atoms with van der Waals surface area (Å²) >= 11 is 0. The van der Waals surface area contributed by atoms with Crippen LogP contribution >= 0.6 is 0 Å². The van der Waals surface area contributed by atoms with Gasteiger partial charge in [0, 0.05) is 6.54 Å². The van der Waals surface area contributed by atoms with Crippen molar-refractivity contribution in [2.45, 2.75) is 39.8 Å². The molecule has 0 aliphatic carbocycles. The quantitative estimate of drug-likeness (QED) is 0.747. The summed E-state index contributed by atoms with van der Waals surface area (Å²) in [6, 6.07) is 6.47. The van der Waals surface area contributed by atoms with Crippen molar-refractivity contribution >= 4 is 12.0 Å². The standard InChI is InChI=1S/C15H22N2O3/c1-4-11(3)13(14(18)19)17-15(20)16-9-12-7-5-10(2)6-8-12/h5-8,11,13H,4,9H2,1-3H3,(H,18,19)(H2,16,17,20). The maximum atomic E-state index is 11.7. The molecule has 5 heteroatoms. The molecule has 0 aromatic heterocycles. The van der Waals surface area contributed by atoms with Crippen molar-refractivity contribution < 1.29 is 14.7 Å². The van der Waals surface area contributed by atoms with Crippen molar-refractivity contribution in [2.75, 3.05) is 0 Å². The molecule has 2 atom stereocenters. The summed E-state index contributed by atoms with van der Waals surface area (Å²) in [7, 11) is 0. The van der Waals surface area contributed by atoms with Crippen LogP contribution in [0.1, 0.15) is 31.4 Å². The minimum absolute atomic E-state index is 0.113. The van der Waals surface area contributed by atoms with Crippen molar-refractivity contribution in [2.24, 2.45) is 5.92 Å². The normalized spacial score (nSPS) is 13.3. The van der Waals surface area contributed by atoms with Crippen molar-refractivity contribution in [3.05, 3.63) is 35.4 Å². The van der Waals surface area contributed by atoms with Gasteiger partial charge in [-0.25, -0.2) is 9.59 Å². The summed E-state index contributed by atoms with van der Waals surface area (Å²) in [6.45, 7) is 6.07. The highest BCUT2D eigenvalue weighted by molar-refractivity contribution is 5.82. The SMILES string of the molecule is CCC(C)C(NC(=O)NCc1ccc(C)cc1)C(=O)O. The molecule has 2 amide bonds. The molecule has 0 saturated carbocycles. The fourth-order valence-corrected chi connectivity index (χ4v) is 1.76. The van der Waals surface area contributed by atoms with Gasteiger partial charge < -0.3 is 15.7 Å². The van der Waals surface area contributed by atoms with E-state index >= 15 is 0 Å². The van der Waals surface area contributed by atoms with Crippen LogP contribution in [-0.2, 0) is 11.3 Å². The van der Waals surface area contributed by atoms with Gasteiger partial charge in [-0.2, -0.15) is 0 Å². The van der Waals surface area contributed by atoms with E-state index in [1.807, 2.05) is 38.1 Å². The second kappa shape index (κ2) is 7.53. The van der Waals surface area contributed by atoms with Crippen LogP contribution in [0.3, 0.4) is 0 Å². The topological polar surface area (TPSA) is 78.4 Å². The smallest absolute Gasteiger partial charge is 0.326 e. The van der Waals surface area contributed by atoms with Crippen molar-refractivity contribution in [3.8, 4) is 0 Å². The van der Waals surface area contributed by atoms with Crippen molar-refractivity contribution in [1.29, 1.82) is 0 Å². The predicted octanol–water partition coefficient (Wildman–Crippen LogP) is 2.29. The van der Waals surface area contributed by atoms with E-state index in [1.165, 1.54) is 0 Å². The molecule has 110 valence electrons. The van der Waals surface area contributed by atoms with E-state index < -0.39 is 18.0 Å². The van der Waals surface area contributed by atoms with E-state index in [0.29, 0.717) is 13.0 Å². The highest BCUT2D eigenvalue weighted by Gasteiger charge is 2.24. The Bertz CT molecular complexity index is 457. The monoisotopic (exact) mass is 278 g/mol. The van der Waals surface area contributed by atoms with E-state index in [2.05, 4.69) is 10.6 Å². The molecule has 1 aromatic carbocycles. The lowest BCUT2D eigenvalue weighted by Crippen LogP contribution is -2.48. The minimum Gasteiger partial charge on any atom is -0.480 e. The number of hydrogen-bond acceptors (Lipinski definition) is 2. The Morgan fingerprint density at radius 2 is 1.85 bits per heavy atom. The number of nitrogens with one attached hydrogen (secondary N) is 2. The maximum absolute atomic E-state index is 11.7. The minimum atomic E-state index is -1.01. The second-order valence-electron chi connectivity index (χ2n) is 5.01. The number of aliphatic carboxylic acids is 1. The maximum Gasteiger partial charge on any atom is 0.326 e. The molecule has 1 aromatic rings. The number of amides is 2. The molecular formula is C15H22N2O3. The molecule has 0 bridgehead atoms. The van der Waals surface area contributed by atoms with Gasteiger partial charge in [-0.05, 0) is 18.4 Å². The molecule has 0 aliphatic heterocycles. The Morgan fingerprint density at radius 3 is 2.35 bits per heavy atom. The highest BCUT2D eigenvalue weighted by Crippen LogP contribution is 2.08. The van der Waals surface area contributed by atoms with Gasteiger partial charge in [0.1, 0.15) is 6.04 Å². The fourth-order valence-electron chi connectivity index (χ4n) is 1.76. The Hall–Kier alpha value is -2.04. The van der Waals surface area contributed by atoms with E-state index in [-0.39, 0.29) is 5.92 Å². The number of aryl methyl sites for hydroxylation is 1. The molecule has 1 rings (SSSR count). The summed E-state index contributed by atoms with van der Waals surface area (Å²) < 4.78 is 0. The molecule has 0 saturated heterocycles. The zero-order valence-electron chi connectivity index (χ0n) is 12.1. The highest BCUT2D eigenvalue weighted by atomic mass is 16.4. The number of urea groups is 1. The van der Waals surface area contributed by atoms with Gasteiger partial charge in [0.15, 0.2) is 0 Å². The van der Waals surface area contributed by atoms with Gasteiger partial charge in [0.2, 0.25) is 0 Å². The number of carboxylic acids is 1. The summed E-state index contributed by atoms with van der Waals surface area (Å²) in [5.41, 5.74) is 2.13. The third-order valence-electron chi connectivity index (χ3n) is 3.34. The van der Waals surface area contributed by atoms with Crippen LogP contribution < -0.4 is 10.6 Å². The molecule has 0 spiro atoms. The zero-order chi connectivity index (χ0) is 15.1. The Balaban J connectivity index is 2.49. The number of carbonyl (C=O) groups is 2.